The van der Waals surface area contributed by atoms with Gasteiger partial charge in [-0.15, -0.1) is 11.3 Å². The second-order valence-corrected chi connectivity index (χ2v) is 8.34. The Labute approximate surface area is 190 Å². The smallest absolute Gasteiger partial charge is 0.221 e. The Bertz CT molecular complexity index is 1170. The van der Waals surface area contributed by atoms with Crippen LogP contribution in [0, 0.1) is 18.8 Å². The molecule has 2 unspecified atom stereocenters. The molecule has 4 rings (SSSR count). The highest BCUT2D eigenvalue weighted by Gasteiger charge is 2.31. The van der Waals surface area contributed by atoms with Crippen LogP contribution in [0.3, 0.4) is 0 Å². The lowest BCUT2D eigenvalue weighted by molar-refractivity contribution is 0.121. The van der Waals surface area contributed by atoms with E-state index in [9.17, 15) is 5.11 Å². The number of methoxy groups -OCH3 is 1. The number of nitrogens with two attached hydrogens (primary N) is 1. The van der Waals surface area contributed by atoms with Gasteiger partial charge in [-0.05, 0) is 38.1 Å². The number of nitrogen functional groups attached to an aromatic ring is 1. The minimum atomic E-state index is -1.33. The number of fused-ring (bicyclic) bond motifs is 1. The zero-order valence-corrected chi connectivity index (χ0v) is 18.9. The maximum absolute atomic E-state index is 10.8. The summed E-state index contributed by atoms with van der Waals surface area (Å²) >= 11 is 1.39. The van der Waals surface area contributed by atoms with Crippen molar-refractivity contribution in [3.05, 3.63) is 52.1 Å². The first-order chi connectivity index (χ1) is 15.4. The van der Waals surface area contributed by atoms with Crippen LogP contribution >= 0.6 is 11.3 Å². The van der Waals surface area contributed by atoms with E-state index in [2.05, 4.69) is 37.4 Å². The van der Waals surface area contributed by atoms with Gasteiger partial charge in [0.2, 0.25) is 5.95 Å². The average Bonchev–Trinajstić information content (AvgIpc) is 3.36. The van der Waals surface area contributed by atoms with Gasteiger partial charge in [0.1, 0.15) is 10.8 Å². The summed E-state index contributed by atoms with van der Waals surface area (Å²) in [5.41, 5.74) is 7.92. The molecule has 0 bridgehead atoms. The van der Waals surface area contributed by atoms with E-state index in [-0.39, 0.29) is 12.2 Å². The van der Waals surface area contributed by atoms with Crippen LogP contribution in [-0.2, 0) is 10.3 Å². The van der Waals surface area contributed by atoms with Gasteiger partial charge in [0.05, 0.1) is 18.0 Å². The number of nitrogens with zero attached hydrogens (tertiary/aromatic N) is 4. The third-order valence-corrected chi connectivity index (χ3v) is 6.01. The molecule has 0 fully saturated rings. The topological polar surface area (TPSA) is 121 Å². The number of ether oxygens (including phenoxy) is 1. The fourth-order valence-electron chi connectivity index (χ4n) is 3.30. The van der Waals surface area contributed by atoms with E-state index < -0.39 is 5.60 Å². The van der Waals surface area contributed by atoms with E-state index in [0.29, 0.717) is 24.0 Å². The fourth-order valence-corrected chi connectivity index (χ4v) is 4.11. The van der Waals surface area contributed by atoms with Crippen LogP contribution in [-0.4, -0.2) is 46.6 Å². The lowest BCUT2D eigenvalue weighted by atomic mass is 10.1. The summed E-state index contributed by atoms with van der Waals surface area (Å²) in [7, 11) is 1.66. The highest BCUT2D eigenvalue weighted by Crippen LogP contribution is 2.39. The van der Waals surface area contributed by atoms with Gasteiger partial charge in [-0.25, -0.2) is 9.97 Å². The van der Waals surface area contributed by atoms with Crippen LogP contribution in [0.2, 0.25) is 0 Å². The van der Waals surface area contributed by atoms with Gasteiger partial charge in [-0.3, -0.25) is 10.2 Å². The van der Waals surface area contributed by atoms with Crippen molar-refractivity contribution in [1.29, 1.82) is 0 Å². The van der Waals surface area contributed by atoms with Crippen molar-refractivity contribution in [2.75, 3.05) is 36.2 Å². The Balaban J connectivity index is 1.66. The lowest BCUT2D eigenvalue weighted by Gasteiger charge is -2.26. The Hall–Kier alpha value is -3.23. The summed E-state index contributed by atoms with van der Waals surface area (Å²) in [6.45, 7) is 4.75. The number of thiazole rings is 1. The maximum atomic E-state index is 10.8. The molecule has 1 aliphatic rings. The summed E-state index contributed by atoms with van der Waals surface area (Å²) in [6, 6.07) is 7.62. The second-order valence-electron chi connectivity index (χ2n) is 7.49. The van der Waals surface area contributed by atoms with Crippen LogP contribution in [0.25, 0.3) is 0 Å². The predicted molar refractivity (Wildman–Crippen MR) is 126 cm³/mol. The number of benzene rings is 1. The predicted octanol–water partition coefficient (Wildman–Crippen LogP) is 2.17. The quantitative estimate of drug-likeness (QED) is 0.330. The molecule has 10 heteroatoms. The zero-order chi connectivity index (χ0) is 22.7. The van der Waals surface area contributed by atoms with Crippen molar-refractivity contribution in [2.45, 2.75) is 25.7 Å². The van der Waals surface area contributed by atoms with Gasteiger partial charge in [0.15, 0.2) is 11.9 Å². The Morgan fingerprint density at radius 1 is 1.38 bits per heavy atom. The molecule has 0 radical (unpaired) electrons. The molecule has 0 saturated carbocycles. The van der Waals surface area contributed by atoms with Crippen molar-refractivity contribution in [3.63, 3.8) is 0 Å². The summed E-state index contributed by atoms with van der Waals surface area (Å²) < 4.78 is 5.16. The number of hydrogen-bond acceptors (Lipinski definition) is 10. The average molecular weight is 452 g/mol. The molecular weight excluding hydrogens is 426 g/mol. The lowest BCUT2D eigenvalue weighted by Crippen LogP contribution is -2.46. The van der Waals surface area contributed by atoms with Gasteiger partial charge >= 0.3 is 0 Å². The van der Waals surface area contributed by atoms with E-state index in [1.807, 2.05) is 35.4 Å². The van der Waals surface area contributed by atoms with Crippen LogP contribution in [0.1, 0.15) is 23.2 Å². The van der Waals surface area contributed by atoms with E-state index in [1.165, 1.54) is 11.3 Å². The number of aromatic nitrogens is 3. The molecule has 0 saturated heterocycles. The van der Waals surface area contributed by atoms with Gasteiger partial charge < -0.3 is 20.9 Å². The summed E-state index contributed by atoms with van der Waals surface area (Å²) in [5, 5.41) is 20.1. The molecule has 0 spiro atoms. The van der Waals surface area contributed by atoms with E-state index in [0.717, 1.165) is 22.6 Å². The normalized spacial score (nSPS) is 16.6. The molecule has 0 amide bonds. The van der Waals surface area contributed by atoms with Crippen molar-refractivity contribution in [2.24, 2.45) is 0 Å². The highest BCUT2D eigenvalue weighted by molar-refractivity contribution is 7.09. The maximum Gasteiger partial charge on any atom is 0.221 e. The fraction of sp³-hybridized carbons (Fsp3) is 0.318. The largest absolute Gasteiger partial charge is 0.383 e. The van der Waals surface area contributed by atoms with E-state index in [1.54, 1.807) is 26.3 Å². The molecular formula is C22H25N7O2S. The van der Waals surface area contributed by atoms with Crippen molar-refractivity contribution < 1.29 is 9.84 Å². The molecule has 166 valence electrons. The summed E-state index contributed by atoms with van der Waals surface area (Å²) in [4.78, 5) is 14.7. The van der Waals surface area contributed by atoms with Crippen molar-refractivity contribution in [3.8, 4) is 11.8 Å². The summed E-state index contributed by atoms with van der Waals surface area (Å²) in [5.74, 6) is 6.88. The van der Waals surface area contributed by atoms with Gasteiger partial charge in [-0.2, -0.15) is 4.98 Å². The van der Waals surface area contributed by atoms with Gasteiger partial charge in [0, 0.05) is 36.5 Å². The number of rotatable bonds is 6. The molecule has 9 nitrogen and oxygen atoms in total. The van der Waals surface area contributed by atoms with Crippen LogP contribution in [0.4, 0.5) is 23.1 Å². The molecule has 0 aliphatic carbocycles. The Kier molecular flexibility index (Phi) is 6.25. The van der Waals surface area contributed by atoms with Gasteiger partial charge in [-0.1, -0.05) is 11.8 Å². The second kappa shape index (κ2) is 9.10. The molecule has 3 aromatic rings. The zero-order valence-electron chi connectivity index (χ0n) is 18.1. The standard InChI is InChI=1S/C22H25N7O2S/c1-14-13-32-19(26-14)22(2,30)8-6-15-4-5-16-17(12-15)29(18-7-9-24-20(23)28-18)21(27-16)25-10-11-31-3/h4-5,7,9,12-13,21,25,27,30H,10-11H2,1-3H3,(H2,23,24,28). The third-order valence-electron chi connectivity index (χ3n) is 4.84. The molecule has 1 aliphatic heterocycles. The van der Waals surface area contributed by atoms with Crippen LogP contribution in [0.15, 0.2) is 35.8 Å². The molecule has 2 aromatic heterocycles. The molecule has 3 heterocycles. The Morgan fingerprint density at radius 2 is 2.22 bits per heavy atom. The number of anilines is 4. The van der Waals surface area contributed by atoms with E-state index >= 15 is 0 Å². The first-order valence-electron chi connectivity index (χ1n) is 10.1. The molecule has 2 atom stereocenters. The van der Waals surface area contributed by atoms with E-state index in [4.69, 9.17) is 10.5 Å². The number of aliphatic hydroxyl groups is 1. The monoisotopic (exact) mass is 451 g/mol. The van der Waals surface area contributed by atoms with Crippen LogP contribution in [0.5, 0.6) is 0 Å². The number of hydrogen-bond donors (Lipinski definition) is 4. The molecule has 32 heavy (non-hydrogen) atoms. The van der Waals surface area contributed by atoms with Gasteiger partial charge in [0.25, 0.3) is 0 Å². The first-order valence-corrected chi connectivity index (χ1v) is 10.9. The highest BCUT2D eigenvalue weighted by atomic mass is 32.1. The van der Waals surface area contributed by atoms with Crippen molar-refractivity contribution in [1.82, 2.24) is 20.3 Å². The SMILES string of the molecule is COCCNC1Nc2ccc(C#CC(C)(O)c3nc(C)cs3)cc2N1c1ccnc(N)n1. The Morgan fingerprint density at radius 3 is 2.94 bits per heavy atom. The molecule has 5 N–H and O–H groups in total. The third kappa shape index (κ3) is 4.66. The summed E-state index contributed by atoms with van der Waals surface area (Å²) in [6.07, 6.45) is 1.37. The van der Waals surface area contributed by atoms with Crippen LogP contribution < -0.4 is 21.3 Å². The number of nitrogens with one attached hydrogen (secondary N) is 2. The number of aryl methyl sites for hydroxylation is 1. The van der Waals surface area contributed by atoms with Crippen molar-refractivity contribution >= 4 is 34.5 Å². The first kappa shape index (κ1) is 22.0. The molecule has 1 aromatic carbocycles. The minimum Gasteiger partial charge on any atom is -0.383 e. The minimum absolute atomic E-state index is 0.192.